The van der Waals surface area contributed by atoms with E-state index in [1.807, 2.05) is 0 Å². The van der Waals surface area contributed by atoms with Gasteiger partial charge in [0.05, 0.1) is 23.0 Å². The van der Waals surface area contributed by atoms with Crippen LogP contribution in [0.4, 0.5) is 9.52 Å². The SMILES string of the molecule is CC(=O)N1CCC[C@@H]1CO/N=C(/C(=O)Nc1ncc(F)s1)c1ccc(S(=O)C2CC2)cc1. The van der Waals surface area contributed by atoms with Crippen LogP contribution in [0, 0.1) is 5.13 Å². The van der Waals surface area contributed by atoms with Gasteiger partial charge in [0.25, 0.3) is 5.91 Å². The molecule has 170 valence electrons. The maximum Gasteiger partial charge on any atom is 0.280 e. The fraction of sp³-hybridized carbons (Fsp3) is 0.429. The second-order valence-corrected chi connectivity index (χ2v) is 10.4. The number of nitrogens with zero attached hydrogens (tertiary/aromatic N) is 3. The number of rotatable bonds is 8. The van der Waals surface area contributed by atoms with Crippen molar-refractivity contribution in [2.75, 3.05) is 18.5 Å². The molecule has 4 rings (SSSR count). The molecule has 2 heterocycles. The Kier molecular flexibility index (Phi) is 6.95. The molecule has 1 saturated carbocycles. The molecule has 0 bridgehead atoms. The minimum atomic E-state index is -1.06. The Balaban J connectivity index is 1.51. The van der Waals surface area contributed by atoms with E-state index < -0.39 is 21.8 Å². The van der Waals surface area contributed by atoms with Crippen molar-refractivity contribution < 1.29 is 23.0 Å². The molecule has 0 spiro atoms. The van der Waals surface area contributed by atoms with Crippen LogP contribution >= 0.6 is 11.3 Å². The summed E-state index contributed by atoms with van der Waals surface area (Å²) >= 11 is 0.703. The maximum absolute atomic E-state index is 13.3. The molecule has 1 unspecified atom stereocenters. The van der Waals surface area contributed by atoms with Crippen LogP contribution in [-0.4, -0.2) is 56.1 Å². The van der Waals surface area contributed by atoms with Gasteiger partial charge in [-0.2, -0.15) is 4.39 Å². The molecule has 32 heavy (non-hydrogen) atoms. The van der Waals surface area contributed by atoms with Gasteiger partial charge in [0.1, 0.15) is 6.61 Å². The van der Waals surface area contributed by atoms with Crippen molar-refractivity contribution in [1.29, 1.82) is 0 Å². The molecule has 2 amide bonds. The van der Waals surface area contributed by atoms with E-state index >= 15 is 0 Å². The third-order valence-corrected chi connectivity index (χ3v) is 7.82. The Labute approximate surface area is 191 Å². The number of anilines is 1. The van der Waals surface area contributed by atoms with Crippen LogP contribution in [-0.2, 0) is 25.2 Å². The molecule has 1 aliphatic heterocycles. The Morgan fingerprint density at radius 2 is 2.06 bits per heavy atom. The average Bonchev–Trinajstić information content (AvgIpc) is 3.38. The second-order valence-electron chi connectivity index (χ2n) is 7.69. The maximum atomic E-state index is 13.3. The van der Waals surface area contributed by atoms with E-state index in [0.717, 1.165) is 31.9 Å². The van der Waals surface area contributed by atoms with Gasteiger partial charge in [-0.25, -0.2) is 4.98 Å². The first kappa shape index (κ1) is 22.5. The van der Waals surface area contributed by atoms with Crippen molar-refractivity contribution in [3.05, 3.63) is 41.2 Å². The van der Waals surface area contributed by atoms with E-state index in [0.29, 0.717) is 28.3 Å². The molecular formula is C21H23FN4O4S2. The van der Waals surface area contributed by atoms with Crippen LogP contribution in [0.2, 0.25) is 0 Å². The van der Waals surface area contributed by atoms with Gasteiger partial charge in [0, 0.05) is 29.2 Å². The van der Waals surface area contributed by atoms with Gasteiger partial charge >= 0.3 is 0 Å². The topological polar surface area (TPSA) is 101 Å². The van der Waals surface area contributed by atoms with E-state index in [9.17, 15) is 18.2 Å². The van der Waals surface area contributed by atoms with Gasteiger partial charge in [0.2, 0.25) is 5.91 Å². The smallest absolute Gasteiger partial charge is 0.280 e. The number of hydrogen-bond donors (Lipinski definition) is 1. The van der Waals surface area contributed by atoms with Crippen LogP contribution in [0.5, 0.6) is 0 Å². The first-order valence-electron chi connectivity index (χ1n) is 10.3. The zero-order valence-corrected chi connectivity index (χ0v) is 19.1. The van der Waals surface area contributed by atoms with Crippen molar-refractivity contribution in [2.24, 2.45) is 5.16 Å². The third kappa shape index (κ3) is 5.39. The van der Waals surface area contributed by atoms with E-state index in [4.69, 9.17) is 4.84 Å². The van der Waals surface area contributed by atoms with Crippen molar-refractivity contribution >= 4 is 44.8 Å². The molecule has 2 atom stereocenters. The van der Waals surface area contributed by atoms with Crippen molar-refractivity contribution in [3.8, 4) is 0 Å². The fourth-order valence-electron chi connectivity index (χ4n) is 3.53. The molecule has 8 nitrogen and oxygen atoms in total. The Morgan fingerprint density at radius 1 is 1.31 bits per heavy atom. The number of aromatic nitrogens is 1. The summed E-state index contributed by atoms with van der Waals surface area (Å²) in [5, 5.41) is 6.36. The van der Waals surface area contributed by atoms with E-state index in [2.05, 4.69) is 15.5 Å². The average molecular weight is 479 g/mol. The summed E-state index contributed by atoms with van der Waals surface area (Å²) in [6, 6.07) is 6.65. The predicted molar refractivity (Wildman–Crippen MR) is 119 cm³/mol. The van der Waals surface area contributed by atoms with Crippen LogP contribution in [0.3, 0.4) is 0 Å². The van der Waals surface area contributed by atoms with Gasteiger partial charge in [0.15, 0.2) is 16.0 Å². The van der Waals surface area contributed by atoms with E-state index in [1.54, 1.807) is 29.2 Å². The molecule has 2 fully saturated rings. The number of nitrogens with one attached hydrogen (secondary N) is 1. The van der Waals surface area contributed by atoms with Gasteiger partial charge in [-0.3, -0.25) is 19.1 Å². The second kappa shape index (κ2) is 9.86. The number of thiazole rings is 1. The summed E-state index contributed by atoms with van der Waals surface area (Å²) in [5.41, 5.74) is 0.447. The van der Waals surface area contributed by atoms with Crippen molar-refractivity contribution in [1.82, 2.24) is 9.88 Å². The van der Waals surface area contributed by atoms with E-state index in [1.165, 1.54) is 6.92 Å². The van der Waals surface area contributed by atoms with Gasteiger partial charge in [-0.1, -0.05) is 28.6 Å². The highest BCUT2D eigenvalue weighted by atomic mass is 32.2. The Hall–Kier alpha value is -2.66. The number of amides is 2. The molecule has 1 aromatic heterocycles. The number of oxime groups is 1. The highest BCUT2D eigenvalue weighted by Gasteiger charge is 2.30. The normalized spacial score (nSPS) is 19.6. The minimum absolute atomic E-state index is 0.0169. The summed E-state index contributed by atoms with van der Waals surface area (Å²) < 4.78 is 25.6. The Morgan fingerprint density at radius 3 is 2.69 bits per heavy atom. The number of likely N-dealkylation sites (tertiary alicyclic amines) is 1. The van der Waals surface area contributed by atoms with Gasteiger partial charge in [-0.05, 0) is 37.8 Å². The predicted octanol–water partition coefficient (Wildman–Crippen LogP) is 2.92. The Bertz CT molecular complexity index is 1050. The zero-order chi connectivity index (χ0) is 22.7. The standard InChI is InChI=1S/C21H23FN4O4S2/c1-13(27)26-10-2-3-15(26)12-30-25-19(20(28)24-21-23-11-18(22)31-21)14-4-6-16(7-5-14)32(29)17-8-9-17/h4-7,11,15,17H,2-3,8-10,12H2,1H3,(H,23,24,28)/b25-19+/t15-,32?/m1/s1. The lowest BCUT2D eigenvalue weighted by Gasteiger charge is -2.22. The lowest BCUT2D eigenvalue weighted by molar-refractivity contribution is -0.130. The summed E-state index contributed by atoms with van der Waals surface area (Å²) in [5.74, 6) is -0.631. The minimum Gasteiger partial charge on any atom is -0.393 e. The summed E-state index contributed by atoms with van der Waals surface area (Å²) in [4.78, 5) is 36.3. The third-order valence-electron chi connectivity index (χ3n) is 5.30. The first-order valence-corrected chi connectivity index (χ1v) is 12.4. The lowest BCUT2D eigenvalue weighted by Crippen LogP contribution is -2.36. The molecule has 2 aromatic rings. The van der Waals surface area contributed by atoms with Crippen molar-refractivity contribution in [3.63, 3.8) is 0 Å². The molecule has 1 aromatic carbocycles. The highest BCUT2D eigenvalue weighted by Crippen LogP contribution is 2.30. The van der Waals surface area contributed by atoms with Crippen LogP contribution in [0.25, 0.3) is 0 Å². The zero-order valence-electron chi connectivity index (χ0n) is 17.5. The number of carbonyl (C=O) groups excluding carboxylic acids is 2. The molecule has 2 aliphatic rings. The first-order chi connectivity index (χ1) is 15.4. The highest BCUT2D eigenvalue weighted by molar-refractivity contribution is 7.86. The quantitative estimate of drug-likeness (QED) is 0.464. The van der Waals surface area contributed by atoms with Crippen LogP contribution in [0.15, 0.2) is 40.5 Å². The molecule has 0 radical (unpaired) electrons. The molecule has 1 N–H and O–H groups in total. The summed E-state index contributed by atoms with van der Waals surface area (Å²) in [6.45, 7) is 2.35. The van der Waals surface area contributed by atoms with Gasteiger partial charge in [-0.15, -0.1) is 0 Å². The van der Waals surface area contributed by atoms with Gasteiger partial charge < -0.3 is 9.74 Å². The lowest BCUT2D eigenvalue weighted by atomic mass is 10.1. The summed E-state index contributed by atoms with van der Waals surface area (Å²) in [7, 11) is -1.06. The fourth-order valence-corrected chi connectivity index (χ4v) is 5.42. The number of hydrogen-bond acceptors (Lipinski definition) is 7. The number of carbonyl (C=O) groups is 2. The van der Waals surface area contributed by atoms with Crippen LogP contribution in [0.1, 0.15) is 38.2 Å². The number of benzene rings is 1. The van der Waals surface area contributed by atoms with E-state index in [-0.39, 0.29) is 34.6 Å². The van der Waals surface area contributed by atoms with Crippen LogP contribution < -0.4 is 5.32 Å². The molecule has 1 saturated heterocycles. The largest absolute Gasteiger partial charge is 0.393 e. The number of halogens is 1. The summed E-state index contributed by atoms with van der Waals surface area (Å²) in [6.07, 6.45) is 4.63. The molecule has 11 heteroatoms. The monoisotopic (exact) mass is 478 g/mol. The molecular weight excluding hydrogens is 455 g/mol. The van der Waals surface area contributed by atoms with Crippen molar-refractivity contribution in [2.45, 2.75) is 48.8 Å². The molecule has 1 aliphatic carbocycles.